The lowest BCUT2D eigenvalue weighted by Crippen LogP contribution is -2.23. The Morgan fingerprint density at radius 3 is 2.27 bits per heavy atom. The monoisotopic (exact) mass is 407 g/mol. The third-order valence-electron chi connectivity index (χ3n) is 4.43. The molecule has 1 N–H and O–H groups in total. The fraction of sp³-hybridized carbons (Fsp3) is 0.182. The highest BCUT2D eigenvalue weighted by Gasteiger charge is 2.36. The molecule has 3 rings (SSSR count). The molecule has 0 fully saturated rings. The van der Waals surface area contributed by atoms with Crippen LogP contribution in [0.2, 0.25) is 0 Å². The van der Waals surface area contributed by atoms with Gasteiger partial charge in [-0.1, -0.05) is 12.1 Å². The quantitative estimate of drug-likeness (QED) is 0.584. The molecule has 0 saturated carbocycles. The number of ether oxygens (including phenoxy) is 1. The van der Waals surface area contributed by atoms with E-state index >= 15 is 0 Å². The molecule has 0 spiro atoms. The number of aromatic carboxylic acids is 1. The predicted molar refractivity (Wildman–Crippen MR) is 114 cm³/mol. The predicted octanol–water partition coefficient (Wildman–Crippen LogP) is 2.80. The van der Waals surface area contributed by atoms with Gasteiger partial charge >= 0.3 is 11.9 Å². The van der Waals surface area contributed by atoms with Gasteiger partial charge in [0.25, 0.3) is 5.91 Å². The number of rotatable bonds is 6. The number of carbonyl (C=O) groups excluding carboxylic acids is 2. The van der Waals surface area contributed by atoms with E-state index in [4.69, 9.17) is 9.84 Å². The summed E-state index contributed by atoms with van der Waals surface area (Å²) in [7, 11) is 3.85. The molecule has 154 valence electrons. The number of hydrogen-bond acceptors (Lipinski definition) is 6. The first kappa shape index (κ1) is 20.8. The Kier molecular flexibility index (Phi) is 5.96. The van der Waals surface area contributed by atoms with Crippen molar-refractivity contribution < 1.29 is 24.2 Å². The van der Waals surface area contributed by atoms with E-state index in [0.717, 1.165) is 16.3 Å². The Labute approximate surface area is 173 Å². The second kappa shape index (κ2) is 8.60. The minimum atomic E-state index is -1.08. The van der Waals surface area contributed by atoms with Gasteiger partial charge in [-0.3, -0.25) is 4.79 Å². The van der Waals surface area contributed by atoms with Crippen molar-refractivity contribution in [1.82, 2.24) is 0 Å². The number of esters is 1. The van der Waals surface area contributed by atoms with Crippen molar-refractivity contribution in [2.75, 3.05) is 30.6 Å². The molecule has 0 radical (unpaired) electrons. The number of anilines is 2. The van der Waals surface area contributed by atoms with Gasteiger partial charge in [-0.25, -0.2) is 9.59 Å². The summed E-state index contributed by atoms with van der Waals surface area (Å²) >= 11 is 0. The van der Waals surface area contributed by atoms with Crippen molar-refractivity contribution in [2.24, 2.45) is 5.10 Å². The molecular formula is C22H21N3O5. The maximum absolute atomic E-state index is 13.0. The Morgan fingerprint density at radius 1 is 1.10 bits per heavy atom. The third-order valence-corrected chi connectivity index (χ3v) is 4.43. The summed E-state index contributed by atoms with van der Waals surface area (Å²) in [5.41, 5.74) is 2.16. The number of carboxylic acid groups (broad SMARTS) is 1. The molecule has 0 saturated heterocycles. The highest BCUT2D eigenvalue weighted by Crippen LogP contribution is 2.26. The Bertz CT molecular complexity index is 1040. The van der Waals surface area contributed by atoms with Crippen molar-refractivity contribution in [3.8, 4) is 0 Å². The standard InChI is InChI=1S/C22H21N3O5/c1-4-30-22(29)19-18(13-14-5-9-16(10-6-14)24(2)3)20(26)25(23-19)17-11-7-15(8-12-17)21(27)28/h5-13H,4H2,1-3H3,(H,27,28)/b18-13-. The van der Waals surface area contributed by atoms with Crippen LogP contribution < -0.4 is 9.91 Å². The van der Waals surface area contributed by atoms with Crippen LogP contribution in [0.15, 0.2) is 59.2 Å². The van der Waals surface area contributed by atoms with Gasteiger partial charge in [0.05, 0.1) is 23.4 Å². The average Bonchev–Trinajstić information content (AvgIpc) is 3.05. The Hall–Kier alpha value is -3.94. The van der Waals surface area contributed by atoms with Crippen molar-refractivity contribution in [3.63, 3.8) is 0 Å². The number of carbonyl (C=O) groups is 3. The zero-order valence-electron chi connectivity index (χ0n) is 16.8. The lowest BCUT2D eigenvalue weighted by atomic mass is 10.1. The van der Waals surface area contributed by atoms with Gasteiger partial charge in [-0.05, 0) is 55.0 Å². The maximum atomic E-state index is 13.0. The molecule has 8 nitrogen and oxygen atoms in total. The largest absolute Gasteiger partial charge is 0.478 e. The van der Waals surface area contributed by atoms with E-state index in [0.29, 0.717) is 5.69 Å². The molecule has 0 bridgehead atoms. The molecule has 0 atom stereocenters. The van der Waals surface area contributed by atoms with E-state index < -0.39 is 17.8 Å². The maximum Gasteiger partial charge on any atom is 0.359 e. The summed E-state index contributed by atoms with van der Waals surface area (Å²) in [4.78, 5) is 38.4. The van der Waals surface area contributed by atoms with Crippen LogP contribution in [0.3, 0.4) is 0 Å². The topological polar surface area (TPSA) is 99.5 Å². The molecule has 1 aliphatic rings. The second-order valence-corrected chi connectivity index (χ2v) is 6.68. The molecular weight excluding hydrogens is 386 g/mol. The highest BCUT2D eigenvalue weighted by molar-refractivity contribution is 6.54. The first-order chi connectivity index (χ1) is 14.3. The molecule has 2 aromatic rings. The van der Waals surface area contributed by atoms with Gasteiger partial charge in [0.15, 0.2) is 5.71 Å². The third kappa shape index (κ3) is 4.22. The molecule has 1 heterocycles. The van der Waals surface area contributed by atoms with Crippen LogP contribution in [-0.4, -0.2) is 49.4 Å². The normalized spacial score (nSPS) is 14.6. The summed E-state index contributed by atoms with van der Waals surface area (Å²) in [6.45, 7) is 1.81. The highest BCUT2D eigenvalue weighted by atomic mass is 16.5. The first-order valence-corrected chi connectivity index (χ1v) is 9.24. The zero-order chi connectivity index (χ0) is 21.8. The molecule has 30 heavy (non-hydrogen) atoms. The fourth-order valence-electron chi connectivity index (χ4n) is 2.85. The number of hydrazone groups is 1. The van der Waals surface area contributed by atoms with Gasteiger partial charge in [-0.2, -0.15) is 10.1 Å². The van der Waals surface area contributed by atoms with Gasteiger partial charge in [0.2, 0.25) is 0 Å². The van der Waals surface area contributed by atoms with Crippen molar-refractivity contribution >= 4 is 41.0 Å². The second-order valence-electron chi connectivity index (χ2n) is 6.68. The van der Waals surface area contributed by atoms with Gasteiger partial charge in [-0.15, -0.1) is 0 Å². The van der Waals surface area contributed by atoms with E-state index in [9.17, 15) is 14.4 Å². The Morgan fingerprint density at radius 2 is 1.73 bits per heavy atom. The van der Waals surface area contributed by atoms with Crippen LogP contribution in [0.25, 0.3) is 6.08 Å². The lowest BCUT2D eigenvalue weighted by molar-refractivity contribution is -0.135. The van der Waals surface area contributed by atoms with Crippen molar-refractivity contribution in [3.05, 3.63) is 65.2 Å². The summed E-state index contributed by atoms with van der Waals surface area (Å²) in [5, 5.41) is 14.3. The molecule has 0 unspecified atom stereocenters. The van der Waals surface area contributed by atoms with Gasteiger partial charge in [0.1, 0.15) is 0 Å². The fourth-order valence-corrected chi connectivity index (χ4v) is 2.85. The molecule has 1 aliphatic heterocycles. The summed E-state index contributed by atoms with van der Waals surface area (Å²) in [5.74, 6) is -2.28. The van der Waals surface area contributed by atoms with E-state index in [2.05, 4.69) is 5.10 Å². The Balaban J connectivity index is 1.99. The molecule has 8 heteroatoms. The summed E-state index contributed by atoms with van der Waals surface area (Å²) in [6.07, 6.45) is 1.59. The summed E-state index contributed by atoms with van der Waals surface area (Å²) in [6, 6.07) is 13.1. The van der Waals surface area contributed by atoms with Crippen LogP contribution in [0, 0.1) is 0 Å². The van der Waals surface area contributed by atoms with Gasteiger partial charge < -0.3 is 14.7 Å². The SMILES string of the molecule is CCOC(=O)C1=NN(c2ccc(C(=O)O)cc2)C(=O)/C1=C\c1ccc(N(C)C)cc1. The van der Waals surface area contributed by atoms with Crippen LogP contribution in [0.4, 0.5) is 11.4 Å². The number of nitrogens with zero attached hydrogens (tertiary/aromatic N) is 3. The number of hydrogen-bond donors (Lipinski definition) is 1. The van der Waals surface area contributed by atoms with Crippen LogP contribution in [0.1, 0.15) is 22.8 Å². The number of benzene rings is 2. The van der Waals surface area contributed by atoms with Crippen molar-refractivity contribution in [1.29, 1.82) is 0 Å². The summed E-state index contributed by atoms with van der Waals surface area (Å²) < 4.78 is 5.05. The van der Waals surface area contributed by atoms with Crippen LogP contribution in [-0.2, 0) is 14.3 Å². The van der Waals surface area contributed by atoms with E-state index in [1.807, 2.05) is 43.3 Å². The van der Waals surface area contributed by atoms with Crippen LogP contribution in [0.5, 0.6) is 0 Å². The minimum Gasteiger partial charge on any atom is -0.478 e. The smallest absolute Gasteiger partial charge is 0.359 e. The van der Waals surface area contributed by atoms with Crippen LogP contribution >= 0.6 is 0 Å². The molecule has 2 aromatic carbocycles. The first-order valence-electron chi connectivity index (χ1n) is 9.24. The average molecular weight is 407 g/mol. The number of carboxylic acids is 1. The van der Waals surface area contributed by atoms with E-state index in [1.165, 1.54) is 24.3 Å². The van der Waals surface area contributed by atoms with E-state index in [1.54, 1.807) is 13.0 Å². The van der Waals surface area contributed by atoms with E-state index in [-0.39, 0.29) is 23.5 Å². The minimum absolute atomic E-state index is 0.0803. The molecule has 0 aromatic heterocycles. The number of amides is 1. The molecule has 0 aliphatic carbocycles. The van der Waals surface area contributed by atoms with Crippen molar-refractivity contribution in [2.45, 2.75) is 6.92 Å². The molecule has 1 amide bonds. The zero-order valence-corrected chi connectivity index (χ0v) is 16.8. The van der Waals surface area contributed by atoms with Gasteiger partial charge in [0, 0.05) is 19.8 Å². The lowest BCUT2D eigenvalue weighted by Gasteiger charge is -2.12.